The number of hydrogen-bond acceptors (Lipinski definition) is 2. The van der Waals surface area contributed by atoms with Gasteiger partial charge in [-0.25, -0.2) is 0 Å². The Morgan fingerprint density at radius 1 is 0.300 bits per heavy atom. The summed E-state index contributed by atoms with van der Waals surface area (Å²) < 4.78 is 0. The van der Waals surface area contributed by atoms with Crippen molar-refractivity contribution >= 4 is 86.4 Å². The summed E-state index contributed by atoms with van der Waals surface area (Å²) >= 11 is 0. The smallest absolute Gasteiger partial charge is 0.0977 e. The molecule has 0 unspecified atom stereocenters. The SMILES string of the molecule is C(#Cc1ccc2ccc3cccc4ccc1c2c34)c1c(C#Cc2ccc3ccc4cccc5ccc2c3c45)c2cccnc2c2ncccc12. The van der Waals surface area contributed by atoms with Crippen molar-refractivity contribution in [1.29, 1.82) is 0 Å². The summed E-state index contributed by atoms with van der Waals surface area (Å²) in [6, 6.07) is 47.5. The van der Waals surface area contributed by atoms with Gasteiger partial charge < -0.3 is 0 Å². The molecule has 0 saturated carbocycles. The second-order valence-electron chi connectivity index (χ2n) is 13.0. The van der Waals surface area contributed by atoms with Gasteiger partial charge in [0.1, 0.15) is 0 Å². The van der Waals surface area contributed by atoms with Crippen molar-refractivity contribution in [2.75, 3.05) is 0 Å². The first-order valence-corrected chi connectivity index (χ1v) is 16.8. The molecule has 0 N–H and O–H groups in total. The van der Waals surface area contributed by atoms with E-state index in [1.807, 2.05) is 24.5 Å². The van der Waals surface area contributed by atoms with Gasteiger partial charge in [0.25, 0.3) is 0 Å². The molecule has 11 rings (SSSR count). The molecule has 11 aromatic rings. The zero-order valence-corrected chi connectivity index (χ0v) is 26.8. The summed E-state index contributed by atoms with van der Waals surface area (Å²) in [5.41, 5.74) is 5.37. The van der Waals surface area contributed by atoms with Crippen molar-refractivity contribution in [3.8, 4) is 23.7 Å². The van der Waals surface area contributed by atoms with E-state index in [9.17, 15) is 0 Å². The van der Waals surface area contributed by atoms with E-state index >= 15 is 0 Å². The van der Waals surface area contributed by atoms with Gasteiger partial charge in [-0.3, -0.25) is 9.97 Å². The average Bonchev–Trinajstić information content (AvgIpc) is 3.18. The fraction of sp³-hybridized carbons (Fsp3) is 0. The third-order valence-electron chi connectivity index (χ3n) is 10.3. The van der Waals surface area contributed by atoms with Crippen LogP contribution in [0.3, 0.4) is 0 Å². The number of fused-ring (bicyclic) bond motifs is 3. The van der Waals surface area contributed by atoms with E-state index in [2.05, 4.69) is 145 Å². The molecule has 0 spiro atoms. The minimum atomic E-state index is 0.830. The van der Waals surface area contributed by atoms with E-state index in [1.165, 1.54) is 53.9 Å². The number of nitrogens with zero attached hydrogens (tertiary/aromatic N) is 2. The first-order valence-electron chi connectivity index (χ1n) is 16.8. The molecule has 0 bridgehead atoms. The number of rotatable bonds is 0. The molecular weight excluding hydrogens is 605 g/mol. The summed E-state index contributed by atoms with van der Waals surface area (Å²) in [5.74, 6) is 14.5. The van der Waals surface area contributed by atoms with Crippen LogP contribution in [-0.4, -0.2) is 9.97 Å². The summed E-state index contributed by atoms with van der Waals surface area (Å²) in [6.45, 7) is 0. The number of benzene rings is 9. The number of hydrogen-bond donors (Lipinski definition) is 0. The molecule has 0 amide bonds. The third kappa shape index (κ3) is 3.82. The highest BCUT2D eigenvalue weighted by atomic mass is 14.7. The van der Waals surface area contributed by atoms with Crippen molar-refractivity contribution in [2.45, 2.75) is 0 Å². The maximum atomic E-state index is 4.80. The molecular formula is C48H24N2. The highest BCUT2D eigenvalue weighted by molar-refractivity contribution is 6.25. The monoisotopic (exact) mass is 628 g/mol. The van der Waals surface area contributed by atoms with E-state index in [4.69, 9.17) is 9.97 Å². The molecule has 0 fully saturated rings. The second kappa shape index (κ2) is 10.2. The Bertz CT molecular complexity index is 3070. The number of aromatic nitrogens is 2. The van der Waals surface area contributed by atoms with Crippen LogP contribution in [0.15, 0.2) is 146 Å². The van der Waals surface area contributed by atoms with E-state index in [0.29, 0.717) is 0 Å². The Hall–Kier alpha value is -7.00. The molecule has 2 aromatic heterocycles. The van der Waals surface area contributed by atoms with Crippen molar-refractivity contribution in [1.82, 2.24) is 9.97 Å². The molecule has 0 saturated heterocycles. The Labute approximate surface area is 287 Å². The molecule has 50 heavy (non-hydrogen) atoms. The lowest BCUT2D eigenvalue weighted by Gasteiger charge is -2.12. The summed E-state index contributed by atoms with van der Waals surface area (Å²) in [5, 5.41) is 16.7. The van der Waals surface area contributed by atoms with Crippen molar-refractivity contribution < 1.29 is 0 Å². The zero-order chi connectivity index (χ0) is 32.8. The molecule has 0 aliphatic carbocycles. The van der Waals surface area contributed by atoms with Crippen LogP contribution in [0.2, 0.25) is 0 Å². The van der Waals surface area contributed by atoms with Gasteiger partial charge in [-0.05, 0) is 101 Å². The molecule has 0 radical (unpaired) electrons. The lowest BCUT2D eigenvalue weighted by atomic mass is 9.91. The van der Waals surface area contributed by atoms with Crippen LogP contribution in [0.4, 0.5) is 0 Å². The van der Waals surface area contributed by atoms with Crippen molar-refractivity contribution in [2.24, 2.45) is 0 Å². The van der Waals surface area contributed by atoms with Gasteiger partial charge >= 0.3 is 0 Å². The largest absolute Gasteiger partial charge is 0.254 e. The van der Waals surface area contributed by atoms with Gasteiger partial charge in [-0.2, -0.15) is 0 Å². The predicted molar refractivity (Wildman–Crippen MR) is 209 cm³/mol. The molecule has 226 valence electrons. The first-order chi connectivity index (χ1) is 24.8. The van der Waals surface area contributed by atoms with Crippen LogP contribution in [0, 0.1) is 23.7 Å². The van der Waals surface area contributed by atoms with Crippen molar-refractivity contribution in [3.05, 3.63) is 168 Å². The topological polar surface area (TPSA) is 25.8 Å². The molecule has 2 heterocycles. The van der Waals surface area contributed by atoms with E-state index in [0.717, 1.165) is 54.8 Å². The molecule has 2 nitrogen and oxygen atoms in total. The molecule has 9 aromatic carbocycles. The average molecular weight is 629 g/mol. The molecule has 0 aliphatic rings. The fourth-order valence-electron chi connectivity index (χ4n) is 8.07. The van der Waals surface area contributed by atoms with Gasteiger partial charge in [-0.1, -0.05) is 121 Å². The highest BCUT2D eigenvalue weighted by Crippen LogP contribution is 2.38. The zero-order valence-electron chi connectivity index (χ0n) is 26.8. The Morgan fingerprint density at radius 3 is 1.12 bits per heavy atom. The molecule has 0 atom stereocenters. The van der Waals surface area contributed by atoms with E-state index in [-0.39, 0.29) is 0 Å². The fourth-order valence-corrected chi connectivity index (χ4v) is 8.07. The van der Waals surface area contributed by atoms with Gasteiger partial charge in [0.05, 0.1) is 22.2 Å². The first kappa shape index (κ1) is 27.0. The van der Waals surface area contributed by atoms with Crippen molar-refractivity contribution in [3.63, 3.8) is 0 Å². The van der Waals surface area contributed by atoms with Gasteiger partial charge in [-0.15, -0.1) is 0 Å². The maximum absolute atomic E-state index is 4.80. The van der Waals surface area contributed by atoms with Crippen LogP contribution < -0.4 is 0 Å². The standard InChI is InChI=1S/C48H24N2/c1-5-31-15-17-35-13-11-29(37-23-21-33(7-1)43(31)45(35)37)19-25-39-40(42-10-4-28-50-48(42)47-41(39)9-3-27-49-47)26-20-30-12-14-36-18-16-32-6-2-8-34-22-24-38(30)46(36)44(32)34/h1-18,21-24,27-28H. The highest BCUT2D eigenvalue weighted by Gasteiger charge is 2.15. The van der Waals surface area contributed by atoms with Crippen LogP contribution in [0.5, 0.6) is 0 Å². The number of pyridine rings is 2. The lowest BCUT2D eigenvalue weighted by molar-refractivity contribution is 1.37. The second-order valence-corrected chi connectivity index (χ2v) is 13.0. The van der Waals surface area contributed by atoms with Crippen LogP contribution >= 0.6 is 0 Å². The Kier molecular flexibility index (Phi) is 5.53. The maximum Gasteiger partial charge on any atom is 0.0977 e. The summed E-state index contributed by atoms with van der Waals surface area (Å²) in [7, 11) is 0. The minimum absolute atomic E-state index is 0.830. The van der Waals surface area contributed by atoms with Crippen LogP contribution in [0.25, 0.3) is 86.4 Å². The van der Waals surface area contributed by atoms with E-state index in [1.54, 1.807) is 0 Å². The van der Waals surface area contributed by atoms with E-state index < -0.39 is 0 Å². The minimum Gasteiger partial charge on any atom is -0.254 e. The van der Waals surface area contributed by atoms with Crippen LogP contribution in [0.1, 0.15) is 22.3 Å². The molecule has 2 heteroatoms. The van der Waals surface area contributed by atoms with Gasteiger partial charge in [0.2, 0.25) is 0 Å². The lowest BCUT2D eigenvalue weighted by Crippen LogP contribution is -1.95. The van der Waals surface area contributed by atoms with Crippen LogP contribution in [-0.2, 0) is 0 Å². The summed E-state index contributed by atoms with van der Waals surface area (Å²) in [4.78, 5) is 9.60. The third-order valence-corrected chi connectivity index (χ3v) is 10.3. The van der Waals surface area contributed by atoms with Gasteiger partial charge in [0.15, 0.2) is 0 Å². The summed E-state index contributed by atoms with van der Waals surface area (Å²) in [6.07, 6.45) is 3.65. The quantitative estimate of drug-likeness (QED) is 0.123. The Balaban J connectivity index is 1.18. The Morgan fingerprint density at radius 2 is 0.680 bits per heavy atom. The molecule has 0 aliphatic heterocycles. The normalized spacial score (nSPS) is 11.7. The van der Waals surface area contributed by atoms with Gasteiger partial charge in [0, 0.05) is 34.3 Å². The predicted octanol–water partition coefficient (Wildman–Crippen LogP) is 11.4.